The minimum absolute atomic E-state index is 0.638. The molecule has 0 bridgehead atoms. The summed E-state index contributed by atoms with van der Waals surface area (Å²) in [5, 5.41) is 3.41. The first-order valence-corrected chi connectivity index (χ1v) is 9.38. The normalized spacial score (nSPS) is 21.9. The minimum atomic E-state index is 0.638. The third-order valence-corrected chi connectivity index (χ3v) is 5.15. The van der Waals surface area contributed by atoms with Gasteiger partial charge in [-0.15, -0.1) is 0 Å². The van der Waals surface area contributed by atoms with Gasteiger partial charge in [-0.1, -0.05) is 18.6 Å². The van der Waals surface area contributed by atoms with Crippen molar-refractivity contribution in [1.82, 2.24) is 9.97 Å². The molecule has 1 aliphatic carbocycles. The molecule has 0 aromatic carbocycles. The Morgan fingerprint density at radius 2 is 2.22 bits per heavy atom. The predicted octanol–water partition coefficient (Wildman–Crippen LogP) is 4.55. The van der Waals surface area contributed by atoms with E-state index in [0.29, 0.717) is 6.04 Å². The zero-order chi connectivity index (χ0) is 15.9. The Balaban J connectivity index is 1.57. The first-order chi connectivity index (χ1) is 11.4. The Bertz CT molecular complexity index is 526. The summed E-state index contributed by atoms with van der Waals surface area (Å²) >= 11 is 0. The summed E-state index contributed by atoms with van der Waals surface area (Å²) in [5.41, 5.74) is 1.60. The molecule has 1 aliphatic heterocycles. The number of nitrogens with zero attached hydrogens (tertiary/aromatic N) is 3. The number of rotatable bonds is 6. The van der Waals surface area contributed by atoms with Crippen molar-refractivity contribution in [2.24, 2.45) is 0 Å². The molecule has 4 heteroatoms. The zero-order valence-corrected chi connectivity index (χ0v) is 14.4. The van der Waals surface area contributed by atoms with Crippen LogP contribution in [0.5, 0.6) is 0 Å². The summed E-state index contributed by atoms with van der Waals surface area (Å²) in [6.07, 6.45) is 15.8. The summed E-state index contributed by atoms with van der Waals surface area (Å²) < 4.78 is 0. The molecule has 0 amide bonds. The van der Waals surface area contributed by atoms with Crippen LogP contribution >= 0.6 is 0 Å². The maximum atomic E-state index is 4.76. The molecule has 1 fully saturated rings. The SMILES string of the molecule is CCC1CCCCN1c1ccnc(NCCC2=CCCCC2)n1. The lowest BCUT2D eigenvalue weighted by atomic mass is 9.97. The molecule has 1 aromatic rings. The highest BCUT2D eigenvalue weighted by atomic mass is 15.2. The van der Waals surface area contributed by atoms with Crippen LogP contribution in [-0.2, 0) is 0 Å². The Morgan fingerprint density at radius 1 is 1.26 bits per heavy atom. The molecule has 0 saturated carbocycles. The summed E-state index contributed by atoms with van der Waals surface area (Å²) in [7, 11) is 0. The van der Waals surface area contributed by atoms with Gasteiger partial charge in [-0.3, -0.25) is 0 Å². The molecule has 3 rings (SSSR count). The molecule has 2 aliphatic rings. The van der Waals surface area contributed by atoms with Gasteiger partial charge in [0.15, 0.2) is 0 Å². The number of hydrogen-bond acceptors (Lipinski definition) is 4. The first-order valence-electron chi connectivity index (χ1n) is 9.38. The van der Waals surface area contributed by atoms with Gasteiger partial charge in [-0.25, -0.2) is 4.98 Å². The number of piperidine rings is 1. The van der Waals surface area contributed by atoms with Crippen LogP contribution in [-0.4, -0.2) is 29.1 Å². The zero-order valence-electron chi connectivity index (χ0n) is 14.4. The van der Waals surface area contributed by atoms with E-state index in [9.17, 15) is 0 Å². The molecule has 1 aromatic heterocycles. The molecule has 2 heterocycles. The third-order valence-electron chi connectivity index (χ3n) is 5.15. The molecular weight excluding hydrogens is 284 g/mol. The van der Waals surface area contributed by atoms with Crippen LogP contribution in [0.25, 0.3) is 0 Å². The molecule has 1 N–H and O–H groups in total. The molecule has 0 spiro atoms. The van der Waals surface area contributed by atoms with Crippen molar-refractivity contribution in [3.8, 4) is 0 Å². The van der Waals surface area contributed by atoms with Crippen molar-refractivity contribution in [3.05, 3.63) is 23.9 Å². The average molecular weight is 314 g/mol. The Hall–Kier alpha value is -1.58. The lowest BCUT2D eigenvalue weighted by molar-refractivity contribution is 0.447. The van der Waals surface area contributed by atoms with E-state index >= 15 is 0 Å². The summed E-state index contributed by atoms with van der Waals surface area (Å²) in [4.78, 5) is 11.6. The second-order valence-electron chi connectivity index (χ2n) is 6.77. The highest BCUT2D eigenvalue weighted by Gasteiger charge is 2.22. The number of nitrogens with one attached hydrogen (secondary N) is 1. The lowest BCUT2D eigenvalue weighted by Gasteiger charge is -2.36. The topological polar surface area (TPSA) is 41.1 Å². The molecule has 126 valence electrons. The second kappa shape index (κ2) is 8.32. The largest absolute Gasteiger partial charge is 0.354 e. The monoisotopic (exact) mass is 314 g/mol. The smallest absolute Gasteiger partial charge is 0.224 e. The van der Waals surface area contributed by atoms with E-state index in [1.54, 1.807) is 5.57 Å². The fraction of sp³-hybridized carbons (Fsp3) is 0.684. The summed E-state index contributed by atoms with van der Waals surface area (Å²) in [6.45, 7) is 4.34. The van der Waals surface area contributed by atoms with Gasteiger partial charge < -0.3 is 10.2 Å². The Kier molecular flexibility index (Phi) is 5.89. The van der Waals surface area contributed by atoms with E-state index in [1.807, 2.05) is 6.20 Å². The summed E-state index contributed by atoms with van der Waals surface area (Å²) in [5.74, 6) is 1.87. The number of aromatic nitrogens is 2. The molecule has 1 atom stereocenters. The second-order valence-corrected chi connectivity index (χ2v) is 6.77. The highest BCUT2D eigenvalue weighted by molar-refractivity contribution is 5.44. The maximum Gasteiger partial charge on any atom is 0.224 e. The van der Waals surface area contributed by atoms with E-state index in [4.69, 9.17) is 4.98 Å². The van der Waals surface area contributed by atoms with Crippen molar-refractivity contribution in [3.63, 3.8) is 0 Å². The maximum absolute atomic E-state index is 4.76. The fourth-order valence-electron chi connectivity index (χ4n) is 3.79. The Labute approximate surface area is 140 Å². The van der Waals surface area contributed by atoms with Gasteiger partial charge in [-0.2, -0.15) is 4.98 Å². The van der Waals surface area contributed by atoms with Crippen molar-refractivity contribution in [2.75, 3.05) is 23.3 Å². The predicted molar refractivity (Wildman–Crippen MR) is 97.0 cm³/mol. The van der Waals surface area contributed by atoms with Crippen LogP contribution in [0.1, 0.15) is 64.7 Å². The van der Waals surface area contributed by atoms with Crippen molar-refractivity contribution in [2.45, 2.75) is 70.8 Å². The van der Waals surface area contributed by atoms with Crippen molar-refractivity contribution < 1.29 is 0 Å². The first kappa shape index (κ1) is 16.3. The minimum Gasteiger partial charge on any atom is -0.354 e. The third kappa shape index (κ3) is 4.46. The molecule has 1 unspecified atom stereocenters. The molecule has 0 radical (unpaired) electrons. The van der Waals surface area contributed by atoms with E-state index in [0.717, 1.165) is 31.3 Å². The van der Waals surface area contributed by atoms with E-state index in [-0.39, 0.29) is 0 Å². The number of allylic oxidation sites excluding steroid dienone is 1. The van der Waals surface area contributed by atoms with Crippen LogP contribution in [0.4, 0.5) is 11.8 Å². The van der Waals surface area contributed by atoms with Gasteiger partial charge in [0, 0.05) is 25.3 Å². The lowest BCUT2D eigenvalue weighted by Crippen LogP contribution is -2.39. The standard InChI is InChI=1S/C19H30N4/c1-2-17-10-6-7-15-23(17)18-12-14-21-19(22-18)20-13-11-16-8-4-3-5-9-16/h8,12,14,17H,2-7,9-11,13,15H2,1H3,(H,20,21,22). The van der Waals surface area contributed by atoms with E-state index < -0.39 is 0 Å². The van der Waals surface area contributed by atoms with Gasteiger partial charge in [0.05, 0.1) is 0 Å². The van der Waals surface area contributed by atoms with Gasteiger partial charge in [0.2, 0.25) is 5.95 Å². The van der Waals surface area contributed by atoms with Crippen LogP contribution in [0.3, 0.4) is 0 Å². The van der Waals surface area contributed by atoms with Crippen LogP contribution in [0.2, 0.25) is 0 Å². The van der Waals surface area contributed by atoms with Gasteiger partial charge >= 0.3 is 0 Å². The number of anilines is 2. The number of hydrogen-bond donors (Lipinski definition) is 1. The fourth-order valence-corrected chi connectivity index (χ4v) is 3.79. The average Bonchev–Trinajstić information content (AvgIpc) is 2.63. The van der Waals surface area contributed by atoms with Crippen molar-refractivity contribution in [1.29, 1.82) is 0 Å². The molecule has 4 nitrogen and oxygen atoms in total. The quantitative estimate of drug-likeness (QED) is 0.782. The summed E-state index contributed by atoms with van der Waals surface area (Å²) in [6, 6.07) is 2.70. The van der Waals surface area contributed by atoms with E-state index in [1.165, 1.54) is 51.4 Å². The van der Waals surface area contributed by atoms with Crippen LogP contribution in [0, 0.1) is 0 Å². The van der Waals surface area contributed by atoms with Gasteiger partial charge in [0.25, 0.3) is 0 Å². The Morgan fingerprint density at radius 3 is 3.04 bits per heavy atom. The van der Waals surface area contributed by atoms with Crippen LogP contribution in [0.15, 0.2) is 23.9 Å². The van der Waals surface area contributed by atoms with E-state index in [2.05, 4.69) is 34.3 Å². The van der Waals surface area contributed by atoms with Gasteiger partial charge in [0.1, 0.15) is 5.82 Å². The van der Waals surface area contributed by atoms with Gasteiger partial charge in [-0.05, 0) is 63.9 Å². The van der Waals surface area contributed by atoms with Crippen molar-refractivity contribution >= 4 is 11.8 Å². The molecular formula is C19H30N4. The molecule has 23 heavy (non-hydrogen) atoms. The highest BCUT2D eigenvalue weighted by Crippen LogP contribution is 2.25. The van der Waals surface area contributed by atoms with Crippen LogP contribution < -0.4 is 10.2 Å². The molecule has 1 saturated heterocycles.